The van der Waals surface area contributed by atoms with Crippen LogP contribution in [-0.4, -0.2) is 32.4 Å². The summed E-state index contributed by atoms with van der Waals surface area (Å²) in [5.74, 6) is -0.685. The average molecular weight is 462 g/mol. The number of carbonyl (C=O) groups excluding carboxylic acids is 2. The molecular weight excluding hydrogens is 445 g/mol. The van der Waals surface area contributed by atoms with Gasteiger partial charge in [-0.1, -0.05) is 0 Å². The Labute approximate surface area is 165 Å². The summed E-state index contributed by atoms with van der Waals surface area (Å²) in [5.41, 5.74) is 1.06. The number of carbonyl (C=O) groups is 2. The SMILES string of the molecule is COC(=O)c1ccc([S+](C)c2ccc(C(=O)OC)cc2)cc1.F[P-](F)(F)(F)(F)F. The van der Waals surface area contributed by atoms with Crippen molar-refractivity contribution in [3.05, 3.63) is 59.7 Å². The Kier molecular flexibility index (Phi) is 7.04. The Hall–Kier alpha value is -2.26. The Balaban J connectivity index is 0.000000516. The number of hydrogen-bond acceptors (Lipinski definition) is 4. The predicted molar refractivity (Wildman–Crippen MR) is 99.0 cm³/mol. The summed E-state index contributed by atoms with van der Waals surface area (Å²) < 4.78 is 68.6. The van der Waals surface area contributed by atoms with Gasteiger partial charge in [-0.2, -0.15) is 0 Å². The fraction of sp³-hybridized carbons (Fsp3) is 0.176. The van der Waals surface area contributed by atoms with Crippen molar-refractivity contribution in [2.24, 2.45) is 0 Å². The summed E-state index contributed by atoms with van der Waals surface area (Å²) >= 11 is 0. The first-order chi connectivity index (χ1) is 13.0. The van der Waals surface area contributed by atoms with E-state index in [0.29, 0.717) is 11.1 Å². The van der Waals surface area contributed by atoms with Gasteiger partial charge in [0.15, 0.2) is 9.79 Å². The van der Waals surface area contributed by atoms with Crippen LogP contribution in [0.2, 0.25) is 0 Å². The quantitative estimate of drug-likeness (QED) is 0.231. The van der Waals surface area contributed by atoms with Crippen molar-refractivity contribution in [2.45, 2.75) is 9.79 Å². The first-order valence-corrected chi connectivity index (χ1v) is 11.3. The molecule has 0 aliphatic heterocycles. The van der Waals surface area contributed by atoms with Gasteiger partial charge in [0.25, 0.3) is 0 Å². The van der Waals surface area contributed by atoms with Crippen LogP contribution in [0.5, 0.6) is 0 Å². The van der Waals surface area contributed by atoms with Gasteiger partial charge in [-0.25, -0.2) is 9.59 Å². The molecule has 0 heterocycles. The van der Waals surface area contributed by atoms with Crippen LogP contribution in [0.4, 0.5) is 25.2 Å². The summed E-state index contributed by atoms with van der Waals surface area (Å²) in [6, 6.07) is 14.7. The van der Waals surface area contributed by atoms with E-state index in [1.165, 1.54) is 14.2 Å². The zero-order valence-corrected chi connectivity index (χ0v) is 17.1. The van der Waals surface area contributed by atoms with Crippen LogP contribution in [0.25, 0.3) is 0 Å². The zero-order chi connectivity index (χ0) is 22.5. The third-order valence-electron chi connectivity index (χ3n) is 3.26. The van der Waals surface area contributed by atoms with Gasteiger partial charge in [0, 0.05) is 0 Å². The monoisotopic (exact) mass is 462 g/mol. The number of rotatable bonds is 4. The van der Waals surface area contributed by atoms with Crippen LogP contribution in [0.3, 0.4) is 0 Å². The van der Waals surface area contributed by atoms with E-state index in [9.17, 15) is 34.8 Å². The molecule has 2 aromatic rings. The van der Waals surface area contributed by atoms with E-state index < -0.39 is 7.81 Å². The molecule has 0 fully saturated rings. The number of hydrogen-bond donors (Lipinski definition) is 0. The summed E-state index contributed by atoms with van der Waals surface area (Å²) in [7, 11) is -8.08. The van der Waals surface area contributed by atoms with E-state index in [2.05, 4.69) is 15.7 Å². The van der Waals surface area contributed by atoms with Crippen LogP contribution in [0, 0.1) is 0 Å². The molecule has 4 nitrogen and oxygen atoms in total. The minimum absolute atomic E-state index is 0.148. The molecule has 29 heavy (non-hydrogen) atoms. The van der Waals surface area contributed by atoms with E-state index in [4.69, 9.17) is 0 Å². The van der Waals surface area contributed by atoms with Crippen molar-refractivity contribution in [2.75, 3.05) is 20.5 Å². The second-order valence-corrected chi connectivity index (χ2v) is 9.38. The van der Waals surface area contributed by atoms with Crippen LogP contribution in [-0.2, 0) is 20.4 Å². The summed E-state index contributed by atoms with van der Waals surface area (Å²) in [6.07, 6.45) is 2.10. The molecule has 0 saturated heterocycles. The molecule has 0 spiro atoms. The van der Waals surface area contributed by atoms with Crippen molar-refractivity contribution in [1.82, 2.24) is 0 Å². The average Bonchev–Trinajstić information content (AvgIpc) is 2.64. The molecule has 0 bridgehead atoms. The van der Waals surface area contributed by atoms with Crippen LogP contribution < -0.4 is 0 Å². The van der Waals surface area contributed by atoms with E-state index in [1.807, 2.05) is 24.3 Å². The summed E-state index contributed by atoms with van der Waals surface area (Å²) in [6.45, 7) is 0. The molecule has 0 radical (unpaired) electrons. The molecular formula is C17H17F6O4PS. The maximum absolute atomic E-state index is 11.4. The van der Waals surface area contributed by atoms with E-state index in [0.717, 1.165) is 9.79 Å². The van der Waals surface area contributed by atoms with Gasteiger partial charge >= 0.3 is 44.9 Å². The number of esters is 2. The second-order valence-electron chi connectivity index (χ2n) is 5.50. The predicted octanol–water partition coefficient (Wildman–Crippen LogP) is 6.31. The number of methoxy groups -OCH3 is 2. The molecule has 0 amide bonds. The third-order valence-corrected chi connectivity index (χ3v) is 5.22. The molecule has 0 aromatic heterocycles. The molecule has 12 heteroatoms. The van der Waals surface area contributed by atoms with Gasteiger partial charge in [-0.05, 0) is 48.5 Å². The first kappa shape index (κ1) is 24.8. The number of halogens is 6. The fourth-order valence-electron chi connectivity index (χ4n) is 1.96. The third kappa shape index (κ3) is 10.2. The topological polar surface area (TPSA) is 52.6 Å². The van der Waals surface area contributed by atoms with Gasteiger partial charge < -0.3 is 9.47 Å². The normalized spacial score (nSPS) is 13.4. The van der Waals surface area contributed by atoms with E-state index in [-0.39, 0.29) is 22.8 Å². The van der Waals surface area contributed by atoms with Gasteiger partial charge in [0.1, 0.15) is 6.26 Å². The van der Waals surface area contributed by atoms with E-state index in [1.54, 1.807) is 24.3 Å². The van der Waals surface area contributed by atoms with Crippen LogP contribution in [0.15, 0.2) is 58.3 Å². The number of ether oxygens (including phenoxy) is 2. The Morgan fingerprint density at radius 2 is 0.931 bits per heavy atom. The molecule has 162 valence electrons. The van der Waals surface area contributed by atoms with Crippen molar-refractivity contribution in [1.29, 1.82) is 0 Å². The van der Waals surface area contributed by atoms with Gasteiger partial charge in [-0.3, -0.25) is 0 Å². The van der Waals surface area contributed by atoms with Crippen molar-refractivity contribution in [3.8, 4) is 0 Å². The van der Waals surface area contributed by atoms with Gasteiger partial charge in [0.05, 0.1) is 36.2 Å². The number of benzene rings is 2. The first-order valence-electron chi connectivity index (χ1n) is 7.61. The van der Waals surface area contributed by atoms with Crippen molar-refractivity contribution in [3.63, 3.8) is 0 Å². The zero-order valence-electron chi connectivity index (χ0n) is 15.4. The van der Waals surface area contributed by atoms with Gasteiger partial charge in [0.2, 0.25) is 0 Å². The van der Waals surface area contributed by atoms with Crippen molar-refractivity contribution < 1.29 is 44.2 Å². The molecule has 2 aromatic carbocycles. The Morgan fingerprint density at radius 3 is 1.14 bits per heavy atom. The molecule has 0 atom stereocenters. The molecule has 0 unspecified atom stereocenters. The second kappa shape index (κ2) is 8.23. The Morgan fingerprint density at radius 1 is 0.690 bits per heavy atom. The molecule has 0 N–H and O–H groups in total. The van der Waals surface area contributed by atoms with Crippen LogP contribution in [0.1, 0.15) is 20.7 Å². The summed E-state index contributed by atoms with van der Waals surface area (Å²) in [5, 5.41) is 0. The molecule has 0 aliphatic carbocycles. The van der Waals surface area contributed by atoms with Gasteiger partial charge in [-0.15, -0.1) is 0 Å². The summed E-state index contributed by atoms with van der Waals surface area (Å²) in [4.78, 5) is 25.1. The Bertz CT molecular complexity index is 797. The fourth-order valence-corrected chi connectivity index (χ4v) is 3.32. The van der Waals surface area contributed by atoms with E-state index >= 15 is 0 Å². The van der Waals surface area contributed by atoms with Crippen molar-refractivity contribution >= 4 is 30.6 Å². The standard InChI is InChI=1S/C17H17O4S.F6P/c1-20-16(18)12-4-8-14(9-5-12)22(3)15-10-6-13(7-11-15)17(19)21-2;1-7(2,3,4,5)6/h4-11H,1-3H3;/q+1;-1. The molecule has 0 aliphatic rings. The minimum atomic E-state index is -10.7. The maximum atomic E-state index is 11.4. The molecule has 2 rings (SSSR count). The molecule has 0 saturated carbocycles. The van der Waals surface area contributed by atoms with Crippen LogP contribution >= 0.6 is 7.81 Å².